The smallest absolute Gasteiger partial charge is 0.194 e. The molecule has 1 fully saturated rings. The van der Waals surface area contributed by atoms with Crippen LogP contribution in [0.2, 0.25) is 5.02 Å². The Labute approximate surface area is 178 Å². The van der Waals surface area contributed by atoms with Crippen LogP contribution < -0.4 is 10.2 Å². The maximum atomic E-state index is 11.3. The van der Waals surface area contributed by atoms with Crippen LogP contribution in [-0.2, 0) is 9.84 Å². The van der Waals surface area contributed by atoms with Gasteiger partial charge in [0.05, 0.1) is 12.3 Å². The van der Waals surface area contributed by atoms with Crippen molar-refractivity contribution in [2.75, 3.05) is 56.2 Å². The van der Waals surface area contributed by atoms with Crippen molar-refractivity contribution in [1.29, 1.82) is 0 Å². The topological polar surface area (TPSA) is 65.0 Å². The molecule has 0 bridgehead atoms. The molecule has 1 aromatic carbocycles. The number of sulfone groups is 1. The molecule has 1 aliphatic heterocycles. The largest absolute Gasteiger partial charge is 0.368 e. The van der Waals surface area contributed by atoms with E-state index >= 15 is 0 Å². The van der Waals surface area contributed by atoms with Gasteiger partial charge in [0, 0.05) is 49.7 Å². The van der Waals surface area contributed by atoms with Crippen LogP contribution in [0.4, 0.5) is 5.69 Å². The predicted molar refractivity (Wildman–Crippen MR) is 121 cm³/mol. The third-order valence-corrected chi connectivity index (χ3v) is 5.31. The van der Waals surface area contributed by atoms with Gasteiger partial charge in [-0.05, 0) is 31.5 Å². The lowest BCUT2D eigenvalue weighted by Crippen LogP contribution is -2.52. The summed E-state index contributed by atoms with van der Waals surface area (Å²) in [6.07, 6.45) is 1.24. The van der Waals surface area contributed by atoms with E-state index in [1.165, 1.54) is 17.5 Å². The van der Waals surface area contributed by atoms with Crippen molar-refractivity contribution in [2.24, 2.45) is 4.99 Å². The summed E-state index contributed by atoms with van der Waals surface area (Å²) in [5, 5.41) is 4.00. The van der Waals surface area contributed by atoms with Gasteiger partial charge in [0.25, 0.3) is 0 Å². The minimum absolute atomic E-state index is 0. The molecule has 0 saturated carbocycles. The highest BCUT2D eigenvalue weighted by atomic mass is 127. The molecule has 1 aromatic rings. The number of hydrogen-bond donors (Lipinski definition) is 1. The van der Waals surface area contributed by atoms with Crippen molar-refractivity contribution in [3.05, 3.63) is 28.8 Å². The summed E-state index contributed by atoms with van der Waals surface area (Å²) in [5.41, 5.74) is 2.39. The monoisotopic (exact) mass is 514 g/mol. The zero-order chi connectivity index (χ0) is 18.4. The van der Waals surface area contributed by atoms with Gasteiger partial charge in [-0.2, -0.15) is 0 Å². The second kappa shape index (κ2) is 10.6. The molecule has 0 radical (unpaired) electrons. The highest BCUT2D eigenvalue weighted by Crippen LogP contribution is 2.25. The van der Waals surface area contributed by atoms with E-state index in [1.807, 2.05) is 25.1 Å². The number of nitrogens with one attached hydrogen (secondary N) is 1. The van der Waals surface area contributed by atoms with Crippen molar-refractivity contribution in [1.82, 2.24) is 10.2 Å². The Kier molecular flexibility index (Phi) is 9.46. The van der Waals surface area contributed by atoms with Gasteiger partial charge in [-0.25, -0.2) is 8.42 Å². The molecule has 0 aliphatic carbocycles. The van der Waals surface area contributed by atoms with Gasteiger partial charge >= 0.3 is 0 Å². The molecular formula is C17H28ClIN4O2S. The van der Waals surface area contributed by atoms with Crippen LogP contribution in [0.3, 0.4) is 0 Å². The second-order valence-corrected chi connectivity index (χ2v) is 8.97. The highest BCUT2D eigenvalue weighted by Gasteiger charge is 2.21. The molecule has 1 aliphatic rings. The Bertz CT molecular complexity index is 719. The van der Waals surface area contributed by atoms with Gasteiger partial charge in [0.1, 0.15) is 9.84 Å². The van der Waals surface area contributed by atoms with Crippen LogP contribution in [0.1, 0.15) is 12.5 Å². The number of hydrogen-bond acceptors (Lipinski definition) is 4. The number of rotatable bonds is 5. The van der Waals surface area contributed by atoms with Crippen LogP contribution >= 0.6 is 35.6 Å². The lowest BCUT2D eigenvalue weighted by molar-refractivity contribution is 0.372. The quantitative estimate of drug-likeness (QED) is 0.371. The first kappa shape index (κ1) is 23.3. The highest BCUT2D eigenvalue weighted by molar-refractivity contribution is 14.0. The molecule has 1 saturated heterocycles. The first-order chi connectivity index (χ1) is 11.8. The third-order valence-electron chi connectivity index (χ3n) is 4.15. The van der Waals surface area contributed by atoms with Crippen molar-refractivity contribution >= 4 is 57.1 Å². The summed E-state index contributed by atoms with van der Waals surface area (Å²) in [5.74, 6) is 0.859. The molecule has 1 N–H and O–H groups in total. The maximum Gasteiger partial charge on any atom is 0.194 e. The van der Waals surface area contributed by atoms with E-state index < -0.39 is 9.84 Å². The number of anilines is 1. The fourth-order valence-corrected chi connectivity index (χ4v) is 3.41. The molecule has 0 amide bonds. The molecule has 26 heavy (non-hydrogen) atoms. The fraction of sp³-hybridized carbons (Fsp3) is 0.588. The van der Waals surface area contributed by atoms with Gasteiger partial charge in [0.2, 0.25) is 0 Å². The number of piperazine rings is 1. The van der Waals surface area contributed by atoms with Gasteiger partial charge in [-0.3, -0.25) is 4.99 Å². The number of guanidine groups is 1. The molecular weight excluding hydrogens is 487 g/mol. The summed E-state index contributed by atoms with van der Waals surface area (Å²) < 4.78 is 22.6. The SMILES string of the molecule is CCNC(=NCCS(C)(=O)=O)N1CCN(c2cc(Cl)ccc2C)CC1.I. The number of nitrogens with zero attached hydrogens (tertiary/aromatic N) is 3. The molecule has 0 atom stereocenters. The number of benzene rings is 1. The summed E-state index contributed by atoms with van der Waals surface area (Å²) in [4.78, 5) is 8.98. The van der Waals surface area contributed by atoms with E-state index in [2.05, 4.69) is 27.0 Å². The summed E-state index contributed by atoms with van der Waals surface area (Å²) in [6, 6.07) is 5.97. The third kappa shape index (κ3) is 7.11. The summed E-state index contributed by atoms with van der Waals surface area (Å²) >= 11 is 6.14. The van der Waals surface area contributed by atoms with Gasteiger partial charge in [-0.1, -0.05) is 17.7 Å². The van der Waals surface area contributed by atoms with Crippen molar-refractivity contribution < 1.29 is 8.42 Å². The van der Waals surface area contributed by atoms with Crippen molar-refractivity contribution in [3.8, 4) is 0 Å². The molecule has 9 heteroatoms. The van der Waals surface area contributed by atoms with E-state index in [-0.39, 0.29) is 36.3 Å². The van der Waals surface area contributed by atoms with Crippen molar-refractivity contribution in [3.63, 3.8) is 0 Å². The molecule has 0 aromatic heterocycles. The second-order valence-electron chi connectivity index (χ2n) is 6.27. The standard InChI is InChI=1S/C17H27ClN4O2S.HI/c1-4-19-17(20-7-12-25(3,23)24)22-10-8-21(9-11-22)16-13-15(18)6-5-14(16)2;/h5-6,13H,4,7-12H2,1-3H3,(H,19,20);1H. The molecule has 0 unspecified atom stereocenters. The number of aliphatic imine (C=N–C) groups is 1. The number of halogens is 2. The normalized spacial score (nSPS) is 15.6. The van der Waals surface area contributed by atoms with Crippen LogP contribution in [0.15, 0.2) is 23.2 Å². The lowest BCUT2D eigenvalue weighted by atomic mass is 10.1. The summed E-state index contributed by atoms with van der Waals surface area (Å²) in [7, 11) is -2.99. The van der Waals surface area contributed by atoms with Crippen LogP contribution in [0.5, 0.6) is 0 Å². The van der Waals surface area contributed by atoms with Gasteiger partial charge in [-0.15, -0.1) is 24.0 Å². The first-order valence-corrected chi connectivity index (χ1v) is 11.0. The molecule has 1 heterocycles. The van der Waals surface area contributed by atoms with E-state index in [4.69, 9.17) is 11.6 Å². The van der Waals surface area contributed by atoms with E-state index in [9.17, 15) is 8.42 Å². The Balaban J connectivity index is 0.00000338. The van der Waals surface area contributed by atoms with E-state index in [0.29, 0.717) is 0 Å². The van der Waals surface area contributed by atoms with Crippen LogP contribution in [0.25, 0.3) is 0 Å². The Morgan fingerprint density at radius 3 is 2.50 bits per heavy atom. The fourth-order valence-electron chi connectivity index (χ4n) is 2.83. The number of aryl methyl sites for hydroxylation is 1. The predicted octanol–water partition coefficient (Wildman–Crippen LogP) is 2.40. The zero-order valence-corrected chi connectivity index (χ0v) is 19.4. The summed E-state index contributed by atoms with van der Waals surface area (Å²) in [6.45, 7) is 8.55. The van der Waals surface area contributed by atoms with Crippen LogP contribution in [0, 0.1) is 6.92 Å². The Hall–Kier alpha value is -0.740. The van der Waals surface area contributed by atoms with E-state index in [1.54, 1.807) is 0 Å². The van der Waals surface area contributed by atoms with Gasteiger partial charge < -0.3 is 15.1 Å². The van der Waals surface area contributed by atoms with Gasteiger partial charge in [0.15, 0.2) is 5.96 Å². The molecule has 6 nitrogen and oxygen atoms in total. The maximum absolute atomic E-state index is 11.3. The minimum Gasteiger partial charge on any atom is -0.368 e. The zero-order valence-electron chi connectivity index (χ0n) is 15.5. The van der Waals surface area contributed by atoms with Crippen LogP contribution in [-0.4, -0.2) is 70.6 Å². The Morgan fingerprint density at radius 2 is 1.92 bits per heavy atom. The lowest BCUT2D eigenvalue weighted by Gasteiger charge is -2.38. The molecule has 0 spiro atoms. The molecule has 148 valence electrons. The first-order valence-electron chi connectivity index (χ1n) is 8.52. The average Bonchev–Trinajstić information content (AvgIpc) is 2.55. The minimum atomic E-state index is -2.99. The average molecular weight is 515 g/mol. The van der Waals surface area contributed by atoms with E-state index in [0.717, 1.165) is 43.7 Å². The molecule has 2 rings (SSSR count). The Morgan fingerprint density at radius 1 is 1.27 bits per heavy atom. The van der Waals surface area contributed by atoms with Crippen molar-refractivity contribution in [2.45, 2.75) is 13.8 Å².